The van der Waals surface area contributed by atoms with E-state index in [9.17, 15) is 19.0 Å². The fourth-order valence-electron chi connectivity index (χ4n) is 6.59. The van der Waals surface area contributed by atoms with Gasteiger partial charge in [-0.05, 0) is 38.5 Å². The maximum absolute atomic E-state index is 12.7. The molecule has 0 aromatic heterocycles. The summed E-state index contributed by atoms with van der Waals surface area (Å²) in [6.45, 7) is 4.25. The zero-order valence-electron chi connectivity index (χ0n) is 37.3. The lowest BCUT2D eigenvalue weighted by Crippen LogP contribution is -2.37. The summed E-state index contributed by atoms with van der Waals surface area (Å²) in [5, 5.41) is 0. The van der Waals surface area contributed by atoms with E-state index in [0.29, 0.717) is 17.4 Å². The molecule has 1 unspecified atom stereocenters. The van der Waals surface area contributed by atoms with Crippen LogP contribution in [0.25, 0.3) is 0 Å². The Kier molecular flexibility index (Phi) is 38.3. The normalized spacial score (nSPS) is 13.6. The van der Waals surface area contributed by atoms with E-state index >= 15 is 0 Å². The first-order valence-electron chi connectivity index (χ1n) is 23.4. The number of unbranched alkanes of at least 4 members (excludes halogenated alkanes) is 27. The van der Waals surface area contributed by atoms with Gasteiger partial charge in [0.05, 0.1) is 27.7 Å². The monoisotopic (exact) mass is 816 g/mol. The third kappa shape index (κ3) is 42.4. The van der Waals surface area contributed by atoms with Crippen LogP contribution < -0.4 is 4.89 Å². The Labute approximate surface area is 346 Å². The zero-order valence-corrected chi connectivity index (χ0v) is 38.2. The standard InChI is InChI=1S/C46H90NO8P/c1-6-8-10-12-14-16-18-20-21-22-23-24-25-27-29-31-33-35-37-39-46(49)55-44(43-54-56(50,51)53-41-40-47(3,4)5)42-52-45(48)38-36-34-32-30-28-26-19-17-15-13-11-9-7-2/h20-21,44H,6-19,22-43H2,1-5H3/b21-20+/t44-/m1/s1. The lowest BCUT2D eigenvalue weighted by molar-refractivity contribution is -0.870. The van der Waals surface area contributed by atoms with Crippen LogP contribution in [0.3, 0.4) is 0 Å². The largest absolute Gasteiger partial charge is 0.756 e. The number of esters is 2. The van der Waals surface area contributed by atoms with Crippen LogP contribution in [-0.2, 0) is 32.7 Å². The van der Waals surface area contributed by atoms with E-state index in [1.807, 2.05) is 21.1 Å². The number of carbonyl (C=O) groups excluding carboxylic acids is 2. The van der Waals surface area contributed by atoms with Crippen molar-refractivity contribution >= 4 is 19.8 Å². The Morgan fingerprint density at radius 3 is 1.32 bits per heavy atom. The van der Waals surface area contributed by atoms with Gasteiger partial charge in [-0.25, -0.2) is 0 Å². The van der Waals surface area contributed by atoms with Crippen molar-refractivity contribution in [3.05, 3.63) is 12.2 Å². The molecule has 9 nitrogen and oxygen atoms in total. The Morgan fingerprint density at radius 1 is 0.536 bits per heavy atom. The van der Waals surface area contributed by atoms with Gasteiger partial charge in [-0.15, -0.1) is 0 Å². The predicted molar refractivity (Wildman–Crippen MR) is 231 cm³/mol. The van der Waals surface area contributed by atoms with Gasteiger partial charge in [0.25, 0.3) is 7.82 Å². The van der Waals surface area contributed by atoms with Crippen LogP contribution in [0.1, 0.15) is 219 Å². The van der Waals surface area contributed by atoms with E-state index in [1.165, 1.54) is 148 Å². The second-order valence-electron chi connectivity index (χ2n) is 17.1. The molecule has 0 aromatic carbocycles. The molecule has 0 aliphatic carbocycles. The topological polar surface area (TPSA) is 111 Å². The number of nitrogens with zero attached hydrogens (tertiary/aromatic N) is 1. The molecule has 332 valence electrons. The molecule has 0 aliphatic rings. The number of quaternary nitrogens is 1. The SMILES string of the molecule is CCCCCCCC/C=C/CCCCCCCCCCCC(=O)O[C@H](COC(=O)CCCCCCCCCCCCCCC)COP(=O)([O-])OCC[N+](C)(C)C. The van der Waals surface area contributed by atoms with Crippen LogP contribution in [-0.4, -0.2) is 70.0 Å². The molecule has 0 bridgehead atoms. The average molecular weight is 816 g/mol. The summed E-state index contributed by atoms with van der Waals surface area (Å²) in [6.07, 6.45) is 40.9. The van der Waals surface area contributed by atoms with Crippen LogP contribution >= 0.6 is 7.82 Å². The van der Waals surface area contributed by atoms with Gasteiger partial charge in [0, 0.05) is 12.8 Å². The van der Waals surface area contributed by atoms with Crippen LogP contribution in [0.4, 0.5) is 0 Å². The number of phosphoric acid groups is 1. The van der Waals surface area contributed by atoms with E-state index < -0.39 is 26.5 Å². The summed E-state index contributed by atoms with van der Waals surface area (Å²) in [5.74, 6) is -0.826. The number of rotatable bonds is 43. The molecule has 0 N–H and O–H groups in total. The fourth-order valence-corrected chi connectivity index (χ4v) is 7.32. The second kappa shape index (κ2) is 39.2. The Balaban J connectivity index is 4.28. The maximum atomic E-state index is 12.7. The van der Waals surface area contributed by atoms with Crippen LogP contribution in [0.5, 0.6) is 0 Å². The van der Waals surface area contributed by atoms with Gasteiger partial charge in [0.15, 0.2) is 6.10 Å². The van der Waals surface area contributed by atoms with Crippen LogP contribution in [0.2, 0.25) is 0 Å². The number of hydrogen-bond donors (Lipinski definition) is 0. The van der Waals surface area contributed by atoms with Crippen molar-refractivity contribution in [2.24, 2.45) is 0 Å². The van der Waals surface area contributed by atoms with E-state index in [0.717, 1.165) is 38.5 Å². The van der Waals surface area contributed by atoms with Gasteiger partial charge < -0.3 is 27.9 Å². The van der Waals surface area contributed by atoms with Crippen molar-refractivity contribution in [2.45, 2.75) is 225 Å². The number of phosphoric ester groups is 1. The molecular formula is C46H90NO8P. The Hall–Kier alpha value is -1.25. The second-order valence-corrected chi connectivity index (χ2v) is 18.5. The van der Waals surface area contributed by atoms with E-state index in [4.69, 9.17) is 18.5 Å². The highest BCUT2D eigenvalue weighted by atomic mass is 31.2. The lowest BCUT2D eigenvalue weighted by atomic mass is 10.0. The van der Waals surface area contributed by atoms with Crippen LogP contribution in [0.15, 0.2) is 12.2 Å². The van der Waals surface area contributed by atoms with E-state index in [2.05, 4.69) is 26.0 Å². The average Bonchev–Trinajstić information content (AvgIpc) is 3.15. The van der Waals surface area contributed by atoms with Crippen molar-refractivity contribution in [2.75, 3.05) is 47.5 Å². The van der Waals surface area contributed by atoms with Crippen molar-refractivity contribution in [1.29, 1.82) is 0 Å². The number of carbonyl (C=O) groups is 2. The first-order valence-corrected chi connectivity index (χ1v) is 24.9. The minimum atomic E-state index is -4.62. The third-order valence-corrected chi connectivity index (χ3v) is 11.2. The van der Waals surface area contributed by atoms with Crippen LogP contribution in [0, 0.1) is 0 Å². The molecular weight excluding hydrogens is 725 g/mol. The summed E-state index contributed by atoms with van der Waals surface area (Å²) >= 11 is 0. The smallest absolute Gasteiger partial charge is 0.306 e. The molecule has 0 aliphatic heterocycles. The van der Waals surface area contributed by atoms with Gasteiger partial charge in [-0.1, -0.05) is 180 Å². The van der Waals surface area contributed by atoms with E-state index in [1.54, 1.807) is 0 Å². The zero-order chi connectivity index (χ0) is 41.4. The van der Waals surface area contributed by atoms with Crippen molar-refractivity contribution in [3.8, 4) is 0 Å². The molecule has 0 heterocycles. The third-order valence-electron chi connectivity index (χ3n) is 10.3. The highest BCUT2D eigenvalue weighted by Crippen LogP contribution is 2.38. The number of hydrogen-bond acceptors (Lipinski definition) is 8. The molecule has 0 spiro atoms. The van der Waals surface area contributed by atoms with Crippen molar-refractivity contribution in [1.82, 2.24) is 0 Å². The molecule has 0 radical (unpaired) electrons. The molecule has 0 aromatic rings. The summed E-state index contributed by atoms with van der Waals surface area (Å²) in [6, 6.07) is 0. The summed E-state index contributed by atoms with van der Waals surface area (Å²) in [5.41, 5.74) is 0. The maximum Gasteiger partial charge on any atom is 0.306 e. The molecule has 0 amide bonds. The Bertz CT molecular complexity index is 969. The van der Waals surface area contributed by atoms with Gasteiger partial charge in [0.1, 0.15) is 19.8 Å². The van der Waals surface area contributed by atoms with Gasteiger partial charge in [-0.2, -0.15) is 0 Å². The molecule has 0 rings (SSSR count). The first kappa shape index (κ1) is 54.8. The summed E-state index contributed by atoms with van der Waals surface area (Å²) < 4.78 is 33.9. The predicted octanol–water partition coefficient (Wildman–Crippen LogP) is 12.7. The fraction of sp³-hybridized carbons (Fsp3) is 0.913. The highest BCUT2D eigenvalue weighted by Gasteiger charge is 2.21. The summed E-state index contributed by atoms with van der Waals surface area (Å²) in [4.78, 5) is 37.6. The van der Waals surface area contributed by atoms with Gasteiger partial charge in [-0.3, -0.25) is 14.2 Å². The van der Waals surface area contributed by atoms with Crippen molar-refractivity contribution in [3.63, 3.8) is 0 Å². The van der Waals surface area contributed by atoms with Gasteiger partial charge >= 0.3 is 11.9 Å². The highest BCUT2D eigenvalue weighted by molar-refractivity contribution is 7.45. The molecule has 56 heavy (non-hydrogen) atoms. The minimum Gasteiger partial charge on any atom is -0.756 e. The van der Waals surface area contributed by atoms with E-state index in [-0.39, 0.29) is 32.0 Å². The quantitative estimate of drug-likeness (QED) is 0.0197. The number of ether oxygens (including phenoxy) is 2. The number of likely N-dealkylation sites (N-methyl/N-ethyl adjacent to an activating group) is 1. The van der Waals surface area contributed by atoms with Crippen molar-refractivity contribution < 1.29 is 42.1 Å². The van der Waals surface area contributed by atoms with Gasteiger partial charge in [0.2, 0.25) is 0 Å². The molecule has 0 fully saturated rings. The minimum absolute atomic E-state index is 0.0279. The summed E-state index contributed by atoms with van der Waals surface area (Å²) in [7, 11) is 1.18. The molecule has 2 atom stereocenters. The Morgan fingerprint density at radius 2 is 0.911 bits per heavy atom. The molecule has 0 saturated heterocycles. The number of allylic oxidation sites excluding steroid dienone is 2. The molecule has 10 heteroatoms. The molecule has 0 saturated carbocycles. The first-order chi connectivity index (χ1) is 27.0. The lowest BCUT2D eigenvalue weighted by Gasteiger charge is -2.28.